The molecule has 3 rings (SSSR count). The molecule has 1 heterocycles. The van der Waals surface area contributed by atoms with Crippen LogP contribution >= 0.6 is 23.2 Å². The number of aromatic nitrogens is 1. The Bertz CT molecular complexity index is 823. The Kier molecular flexibility index (Phi) is 5.92. The van der Waals surface area contributed by atoms with Crippen molar-refractivity contribution in [3.8, 4) is 5.75 Å². The Labute approximate surface area is 157 Å². The Hall–Kier alpha value is -2.07. The maximum absolute atomic E-state index is 6.25. The van der Waals surface area contributed by atoms with Crippen molar-refractivity contribution in [1.82, 2.24) is 4.98 Å². The third kappa shape index (κ3) is 4.51. The normalized spacial score (nSPS) is 12.0. The van der Waals surface area contributed by atoms with Crippen molar-refractivity contribution in [2.75, 3.05) is 7.11 Å². The Balaban J connectivity index is 1.86. The Morgan fingerprint density at radius 1 is 1.00 bits per heavy atom. The van der Waals surface area contributed by atoms with Gasteiger partial charge in [-0.05, 0) is 41.5 Å². The number of rotatable bonds is 6. The van der Waals surface area contributed by atoms with Crippen LogP contribution in [0.5, 0.6) is 5.75 Å². The van der Waals surface area contributed by atoms with Gasteiger partial charge in [0.25, 0.3) is 0 Å². The van der Waals surface area contributed by atoms with E-state index in [-0.39, 0.29) is 6.10 Å². The van der Waals surface area contributed by atoms with Gasteiger partial charge in [0.05, 0.1) is 13.7 Å². The highest BCUT2D eigenvalue weighted by Crippen LogP contribution is 2.30. The molecule has 0 N–H and O–H groups in total. The Morgan fingerprint density at radius 3 is 2.44 bits per heavy atom. The highest BCUT2D eigenvalue weighted by atomic mass is 35.5. The number of ether oxygens (including phenoxy) is 2. The van der Waals surface area contributed by atoms with Crippen LogP contribution in [0.1, 0.15) is 22.8 Å². The van der Waals surface area contributed by atoms with E-state index >= 15 is 0 Å². The molecule has 0 aliphatic rings. The summed E-state index contributed by atoms with van der Waals surface area (Å²) in [5, 5.41) is 1.19. The topological polar surface area (TPSA) is 31.4 Å². The first kappa shape index (κ1) is 17.7. The predicted molar refractivity (Wildman–Crippen MR) is 100 cm³/mol. The number of hydrogen-bond donors (Lipinski definition) is 0. The number of benzene rings is 2. The van der Waals surface area contributed by atoms with E-state index in [0.717, 1.165) is 22.4 Å². The van der Waals surface area contributed by atoms with Gasteiger partial charge < -0.3 is 9.47 Å². The van der Waals surface area contributed by atoms with Crippen molar-refractivity contribution in [2.24, 2.45) is 0 Å². The van der Waals surface area contributed by atoms with Crippen LogP contribution in [0, 0.1) is 0 Å². The lowest BCUT2D eigenvalue weighted by atomic mass is 10.0. The van der Waals surface area contributed by atoms with Crippen LogP contribution in [-0.2, 0) is 11.3 Å². The zero-order chi connectivity index (χ0) is 17.6. The third-order valence-corrected chi connectivity index (χ3v) is 4.41. The van der Waals surface area contributed by atoms with Crippen molar-refractivity contribution in [3.63, 3.8) is 0 Å². The van der Waals surface area contributed by atoms with Crippen molar-refractivity contribution in [1.29, 1.82) is 0 Å². The summed E-state index contributed by atoms with van der Waals surface area (Å²) in [5.41, 5.74) is 2.87. The smallest absolute Gasteiger partial charge is 0.118 e. The molecule has 0 amide bonds. The van der Waals surface area contributed by atoms with Gasteiger partial charge in [0.1, 0.15) is 11.9 Å². The molecule has 5 heteroatoms. The minimum atomic E-state index is -0.258. The van der Waals surface area contributed by atoms with Crippen molar-refractivity contribution >= 4 is 23.2 Å². The molecule has 0 saturated carbocycles. The number of halogens is 2. The summed E-state index contributed by atoms with van der Waals surface area (Å²) in [6.45, 7) is 0.363. The number of pyridine rings is 1. The lowest BCUT2D eigenvalue weighted by Gasteiger charge is -2.19. The molecule has 128 valence electrons. The monoisotopic (exact) mass is 373 g/mol. The van der Waals surface area contributed by atoms with Crippen molar-refractivity contribution < 1.29 is 9.47 Å². The molecule has 0 aliphatic heterocycles. The van der Waals surface area contributed by atoms with E-state index in [4.69, 9.17) is 32.7 Å². The summed E-state index contributed by atoms with van der Waals surface area (Å²) >= 11 is 12.2. The summed E-state index contributed by atoms with van der Waals surface area (Å²) in [6.07, 6.45) is 3.29. The maximum atomic E-state index is 6.25. The quantitative estimate of drug-likeness (QED) is 0.554. The van der Waals surface area contributed by atoms with Gasteiger partial charge in [0.15, 0.2) is 0 Å². The standard InChI is InChI=1S/C20H17Cl2NO2/c1-24-18-8-5-14(6-9-18)20(15-3-2-10-23-12-15)25-13-16-4-7-17(21)11-19(16)22/h2-12,20H,13H2,1H3. The molecule has 3 nitrogen and oxygen atoms in total. The molecule has 0 aliphatic carbocycles. The van der Waals surface area contributed by atoms with E-state index in [1.54, 1.807) is 31.6 Å². The number of nitrogens with zero attached hydrogens (tertiary/aromatic N) is 1. The minimum Gasteiger partial charge on any atom is -0.497 e. The molecule has 1 atom stereocenters. The first-order chi connectivity index (χ1) is 12.2. The van der Waals surface area contributed by atoms with E-state index in [9.17, 15) is 0 Å². The lowest BCUT2D eigenvalue weighted by molar-refractivity contribution is 0.0665. The molecule has 2 aromatic carbocycles. The van der Waals surface area contributed by atoms with Crippen LogP contribution in [0.25, 0.3) is 0 Å². The van der Waals surface area contributed by atoms with Gasteiger partial charge in [0.2, 0.25) is 0 Å². The second-order valence-corrected chi connectivity index (χ2v) is 6.33. The molecule has 0 saturated heterocycles. The lowest BCUT2D eigenvalue weighted by Crippen LogP contribution is -2.07. The van der Waals surface area contributed by atoms with Crippen LogP contribution in [0.2, 0.25) is 10.0 Å². The average Bonchev–Trinajstić information content (AvgIpc) is 2.65. The second-order valence-electron chi connectivity index (χ2n) is 5.49. The molecule has 1 aromatic heterocycles. The molecule has 0 fully saturated rings. The van der Waals surface area contributed by atoms with Crippen molar-refractivity contribution in [2.45, 2.75) is 12.7 Å². The zero-order valence-electron chi connectivity index (χ0n) is 13.7. The van der Waals surface area contributed by atoms with Crippen LogP contribution in [0.15, 0.2) is 67.0 Å². The largest absolute Gasteiger partial charge is 0.497 e. The fraction of sp³-hybridized carbons (Fsp3) is 0.150. The minimum absolute atomic E-state index is 0.258. The van der Waals surface area contributed by atoms with Gasteiger partial charge in [-0.15, -0.1) is 0 Å². The van der Waals surface area contributed by atoms with Crippen LogP contribution in [0.3, 0.4) is 0 Å². The summed E-state index contributed by atoms with van der Waals surface area (Å²) < 4.78 is 11.4. The third-order valence-electron chi connectivity index (χ3n) is 3.83. The number of methoxy groups -OCH3 is 1. The fourth-order valence-corrected chi connectivity index (χ4v) is 2.97. The molecule has 0 bridgehead atoms. The van der Waals surface area contributed by atoms with Crippen LogP contribution < -0.4 is 4.74 Å². The van der Waals surface area contributed by atoms with Crippen molar-refractivity contribution in [3.05, 3.63) is 93.7 Å². The fourth-order valence-electron chi connectivity index (χ4n) is 2.51. The zero-order valence-corrected chi connectivity index (χ0v) is 15.2. The van der Waals surface area contributed by atoms with E-state index in [1.807, 2.05) is 42.5 Å². The van der Waals surface area contributed by atoms with E-state index in [1.165, 1.54) is 0 Å². The van der Waals surface area contributed by atoms with E-state index in [0.29, 0.717) is 16.7 Å². The molecular formula is C20H17Cl2NO2. The molecule has 0 radical (unpaired) electrons. The first-order valence-corrected chi connectivity index (χ1v) is 8.52. The first-order valence-electron chi connectivity index (χ1n) is 7.77. The summed E-state index contributed by atoms with van der Waals surface area (Å²) in [7, 11) is 1.65. The van der Waals surface area contributed by atoms with Gasteiger partial charge in [-0.1, -0.05) is 47.5 Å². The maximum Gasteiger partial charge on any atom is 0.118 e. The van der Waals surface area contributed by atoms with Gasteiger partial charge in [-0.25, -0.2) is 0 Å². The van der Waals surface area contributed by atoms with Gasteiger partial charge in [0, 0.05) is 28.0 Å². The molecular weight excluding hydrogens is 357 g/mol. The Morgan fingerprint density at radius 2 is 1.80 bits per heavy atom. The van der Waals surface area contributed by atoms with Gasteiger partial charge in [-0.2, -0.15) is 0 Å². The van der Waals surface area contributed by atoms with E-state index < -0.39 is 0 Å². The van der Waals surface area contributed by atoms with Crippen LogP contribution in [-0.4, -0.2) is 12.1 Å². The second kappa shape index (κ2) is 8.34. The molecule has 0 spiro atoms. The predicted octanol–water partition coefficient (Wildman–Crippen LogP) is 5.70. The average molecular weight is 374 g/mol. The molecule has 25 heavy (non-hydrogen) atoms. The van der Waals surface area contributed by atoms with E-state index in [2.05, 4.69) is 4.98 Å². The van der Waals surface area contributed by atoms with Gasteiger partial charge >= 0.3 is 0 Å². The van der Waals surface area contributed by atoms with Gasteiger partial charge in [-0.3, -0.25) is 4.98 Å². The molecule has 1 unspecified atom stereocenters. The number of hydrogen-bond acceptors (Lipinski definition) is 3. The summed E-state index contributed by atoms with van der Waals surface area (Å²) in [6, 6.07) is 17.1. The highest BCUT2D eigenvalue weighted by Gasteiger charge is 2.16. The highest BCUT2D eigenvalue weighted by molar-refractivity contribution is 6.35. The molecule has 3 aromatic rings. The summed E-state index contributed by atoms with van der Waals surface area (Å²) in [5.74, 6) is 0.800. The van der Waals surface area contributed by atoms with Crippen LogP contribution in [0.4, 0.5) is 0 Å². The summed E-state index contributed by atoms with van der Waals surface area (Å²) in [4.78, 5) is 4.20. The SMILES string of the molecule is COc1ccc(C(OCc2ccc(Cl)cc2Cl)c2cccnc2)cc1.